The van der Waals surface area contributed by atoms with Crippen LogP contribution in [0, 0.1) is 13.8 Å². The van der Waals surface area contributed by atoms with Gasteiger partial charge in [0.2, 0.25) is 11.2 Å². The summed E-state index contributed by atoms with van der Waals surface area (Å²) in [5, 5.41) is 0.341. The number of aryl methyl sites for hydroxylation is 2. The van der Waals surface area contributed by atoms with Gasteiger partial charge in [0.25, 0.3) is 0 Å². The van der Waals surface area contributed by atoms with Gasteiger partial charge in [-0.25, -0.2) is 4.79 Å². The van der Waals surface area contributed by atoms with E-state index in [2.05, 4.69) is 0 Å². The third-order valence-electron chi connectivity index (χ3n) is 5.31. The highest BCUT2D eigenvalue weighted by molar-refractivity contribution is 5.93. The van der Waals surface area contributed by atoms with Crippen molar-refractivity contribution >= 4 is 16.9 Å². The van der Waals surface area contributed by atoms with E-state index >= 15 is 0 Å². The van der Waals surface area contributed by atoms with Gasteiger partial charge in [-0.15, -0.1) is 0 Å². The molecule has 0 N–H and O–H groups in total. The molecule has 4 rings (SSSR count). The molecule has 0 unspecified atom stereocenters. The summed E-state index contributed by atoms with van der Waals surface area (Å²) < 4.78 is 22.4. The fourth-order valence-electron chi connectivity index (χ4n) is 3.42. The van der Waals surface area contributed by atoms with Crippen LogP contribution in [0.2, 0.25) is 0 Å². The van der Waals surface area contributed by atoms with Crippen molar-refractivity contribution in [2.45, 2.75) is 13.8 Å². The molecule has 0 bridgehead atoms. The summed E-state index contributed by atoms with van der Waals surface area (Å²) in [5.74, 6) is 0.280. The lowest BCUT2D eigenvalue weighted by Crippen LogP contribution is -2.16. The van der Waals surface area contributed by atoms with Crippen molar-refractivity contribution < 1.29 is 23.4 Å². The van der Waals surface area contributed by atoms with E-state index in [9.17, 15) is 9.59 Å². The van der Waals surface area contributed by atoms with Crippen molar-refractivity contribution in [3.63, 3.8) is 0 Å². The Bertz CT molecular complexity index is 1370. The van der Waals surface area contributed by atoms with Crippen molar-refractivity contribution in [1.29, 1.82) is 0 Å². The highest BCUT2D eigenvalue weighted by Crippen LogP contribution is 2.37. The highest BCUT2D eigenvalue weighted by atomic mass is 16.5. The van der Waals surface area contributed by atoms with Gasteiger partial charge < -0.3 is 18.6 Å². The van der Waals surface area contributed by atoms with Gasteiger partial charge in [-0.2, -0.15) is 0 Å². The first-order chi connectivity index (χ1) is 15.4. The molecule has 0 saturated heterocycles. The minimum Gasteiger partial charge on any atom is -0.493 e. The summed E-state index contributed by atoms with van der Waals surface area (Å²) in [6.07, 6.45) is 0. The Morgan fingerprint density at radius 2 is 1.53 bits per heavy atom. The summed E-state index contributed by atoms with van der Waals surface area (Å²) in [5.41, 5.74) is 2.73. The Morgan fingerprint density at radius 3 is 2.22 bits per heavy atom. The van der Waals surface area contributed by atoms with E-state index in [4.69, 9.17) is 18.6 Å². The number of carbonyl (C=O) groups is 1. The molecule has 6 heteroatoms. The van der Waals surface area contributed by atoms with E-state index in [0.29, 0.717) is 33.6 Å². The predicted octanol–water partition coefficient (Wildman–Crippen LogP) is 5.31. The number of esters is 1. The van der Waals surface area contributed by atoms with E-state index in [1.54, 1.807) is 60.7 Å². The maximum absolute atomic E-state index is 13.4. The SMILES string of the molecule is COc1ccc(-c2oc3cc(C)c(C)cc3c(=O)c2OC(=O)c2ccccc2)cc1OC. The lowest BCUT2D eigenvalue weighted by atomic mass is 10.0. The van der Waals surface area contributed by atoms with Crippen molar-refractivity contribution in [3.05, 3.63) is 87.6 Å². The molecular formula is C26H22O6. The third-order valence-corrected chi connectivity index (χ3v) is 5.31. The second-order valence-corrected chi connectivity index (χ2v) is 7.35. The van der Waals surface area contributed by atoms with Gasteiger partial charge in [0.05, 0.1) is 25.2 Å². The number of benzene rings is 3. The molecule has 162 valence electrons. The zero-order valence-electron chi connectivity index (χ0n) is 18.2. The van der Waals surface area contributed by atoms with Gasteiger partial charge in [-0.3, -0.25) is 4.79 Å². The van der Waals surface area contributed by atoms with Gasteiger partial charge in [0.15, 0.2) is 17.3 Å². The number of ether oxygens (including phenoxy) is 3. The van der Waals surface area contributed by atoms with Crippen LogP contribution in [-0.2, 0) is 0 Å². The van der Waals surface area contributed by atoms with Crippen LogP contribution in [0.25, 0.3) is 22.3 Å². The normalized spacial score (nSPS) is 10.8. The molecule has 0 saturated carbocycles. The van der Waals surface area contributed by atoms with Gasteiger partial charge in [-0.05, 0) is 67.4 Å². The molecule has 0 amide bonds. The van der Waals surface area contributed by atoms with E-state index in [1.807, 2.05) is 13.8 Å². The first-order valence-corrected chi connectivity index (χ1v) is 10.0. The van der Waals surface area contributed by atoms with E-state index in [1.165, 1.54) is 14.2 Å². The summed E-state index contributed by atoms with van der Waals surface area (Å²) >= 11 is 0. The summed E-state index contributed by atoms with van der Waals surface area (Å²) in [7, 11) is 3.05. The zero-order chi connectivity index (χ0) is 22.8. The Balaban J connectivity index is 1.96. The van der Waals surface area contributed by atoms with Crippen molar-refractivity contribution in [3.8, 4) is 28.6 Å². The average molecular weight is 430 g/mol. The molecule has 4 aromatic rings. The van der Waals surface area contributed by atoms with Crippen LogP contribution in [0.3, 0.4) is 0 Å². The highest BCUT2D eigenvalue weighted by Gasteiger charge is 2.23. The first kappa shape index (κ1) is 21.2. The molecule has 6 nitrogen and oxygen atoms in total. The van der Waals surface area contributed by atoms with Gasteiger partial charge in [0.1, 0.15) is 5.58 Å². The monoisotopic (exact) mass is 430 g/mol. The molecule has 0 radical (unpaired) electrons. The topological polar surface area (TPSA) is 75.0 Å². The minimum absolute atomic E-state index is 0.135. The van der Waals surface area contributed by atoms with Crippen molar-refractivity contribution in [2.24, 2.45) is 0 Å². The van der Waals surface area contributed by atoms with Gasteiger partial charge in [0, 0.05) is 5.56 Å². The number of hydrogen-bond acceptors (Lipinski definition) is 6. The van der Waals surface area contributed by atoms with E-state index < -0.39 is 11.4 Å². The quantitative estimate of drug-likeness (QED) is 0.399. The second-order valence-electron chi connectivity index (χ2n) is 7.35. The molecule has 0 aliphatic carbocycles. The van der Waals surface area contributed by atoms with Crippen LogP contribution in [0.5, 0.6) is 17.2 Å². The summed E-state index contributed by atoms with van der Waals surface area (Å²) in [6.45, 7) is 3.85. The lowest BCUT2D eigenvalue weighted by molar-refractivity contribution is 0.0731. The van der Waals surface area contributed by atoms with Crippen molar-refractivity contribution in [1.82, 2.24) is 0 Å². The number of carbonyl (C=O) groups excluding carboxylic acids is 1. The third kappa shape index (κ3) is 3.83. The fourth-order valence-corrected chi connectivity index (χ4v) is 3.42. The van der Waals surface area contributed by atoms with Crippen LogP contribution in [-0.4, -0.2) is 20.2 Å². The molecule has 0 fully saturated rings. The summed E-state index contributed by atoms with van der Waals surface area (Å²) in [4.78, 5) is 26.2. The minimum atomic E-state index is -0.650. The van der Waals surface area contributed by atoms with Gasteiger partial charge in [-0.1, -0.05) is 18.2 Å². The number of hydrogen-bond donors (Lipinski definition) is 0. The number of methoxy groups -OCH3 is 2. The number of fused-ring (bicyclic) bond motifs is 1. The zero-order valence-corrected chi connectivity index (χ0v) is 18.2. The number of rotatable bonds is 5. The molecule has 3 aromatic carbocycles. The van der Waals surface area contributed by atoms with Crippen LogP contribution in [0.15, 0.2) is 69.9 Å². The van der Waals surface area contributed by atoms with Crippen LogP contribution < -0.4 is 19.6 Å². The maximum Gasteiger partial charge on any atom is 0.343 e. The first-order valence-electron chi connectivity index (χ1n) is 10.0. The Hall–Kier alpha value is -4.06. The maximum atomic E-state index is 13.4. The smallest absolute Gasteiger partial charge is 0.343 e. The van der Waals surface area contributed by atoms with E-state index in [-0.39, 0.29) is 11.5 Å². The molecule has 0 aliphatic heterocycles. The molecule has 0 aliphatic rings. The van der Waals surface area contributed by atoms with Crippen LogP contribution >= 0.6 is 0 Å². The second kappa shape index (κ2) is 8.59. The Kier molecular flexibility index (Phi) is 5.69. The van der Waals surface area contributed by atoms with Gasteiger partial charge >= 0.3 is 5.97 Å². The summed E-state index contributed by atoms with van der Waals surface area (Å²) in [6, 6.07) is 17.1. The van der Waals surface area contributed by atoms with E-state index in [0.717, 1.165) is 11.1 Å². The van der Waals surface area contributed by atoms with Crippen molar-refractivity contribution in [2.75, 3.05) is 14.2 Å². The molecule has 1 aromatic heterocycles. The largest absolute Gasteiger partial charge is 0.493 e. The predicted molar refractivity (Wildman–Crippen MR) is 122 cm³/mol. The lowest BCUT2D eigenvalue weighted by Gasteiger charge is -2.13. The van der Waals surface area contributed by atoms with Crippen LogP contribution in [0.4, 0.5) is 0 Å². The Labute approximate surface area is 185 Å². The average Bonchev–Trinajstić information content (AvgIpc) is 2.82. The molecule has 0 spiro atoms. The van der Waals surface area contributed by atoms with Crippen LogP contribution in [0.1, 0.15) is 21.5 Å². The standard InChI is InChI=1S/C26H22O6/c1-15-12-19-21(13-16(15)2)31-24(18-10-11-20(29-3)22(14-18)30-4)25(23(19)27)32-26(28)17-8-6-5-7-9-17/h5-14H,1-4H3. The molecule has 1 heterocycles. The molecule has 32 heavy (non-hydrogen) atoms. The fraction of sp³-hybridized carbons (Fsp3) is 0.154. The molecular weight excluding hydrogens is 408 g/mol. The molecule has 0 atom stereocenters. The Morgan fingerprint density at radius 1 is 0.844 bits per heavy atom.